The maximum absolute atomic E-state index is 9.86. The lowest BCUT2D eigenvalue weighted by Gasteiger charge is -2.21. The van der Waals surface area contributed by atoms with Crippen LogP contribution in [0.5, 0.6) is 5.75 Å². The van der Waals surface area contributed by atoms with Gasteiger partial charge in [0.05, 0.1) is 0 Å². The Morgan fingerprint density at radius 3 is 2.65 bits per heavy atom. The summed E-state index contributed by atoms with van der Waals surface area (Å²) in [5, 5.41) is 13.7. The summed E-state index contributed by atoms with van der Waals surface area (Å²) in [5.74, 6) is 0.748. The topological polar surface area (TPSA) is 32.3 Å². The van der Waals surface area contributed by atoms with E-state index in [1.807, 2.05) is 23.9 Å². The Morgan fingerprint density at radius 1 is 1.20 bits per heavy atom. The molecule has 3 heteroatoms. The van der Waals surface area contributed by atoms with Crippen molar-refractivity contribution in [1.82, 2.24) is 0 Å². The van der Waals surface area contributed by atoms with Gasteiger partial charge in [-0.2, -0.15) is 0 Å². The highest BCUT2D eigenvalue weighted by Crippen LogP contribution is 2.49. The van der Waals surface area contributed by atoms with Crippen LogP contribution < -0.4 is 5.32 Å². The van der Waals surface area contributed by atoms with Crippen LogP contribution in [0.25, 0.3) is 0 Å². The van der Waals surface area contributed by atoms with Crippen molar-refractivity contribution in [1.29, 1.82) is 0 Å². The Kier molecular flexibility index (Phi) is 3.38. The van der Waals surface area contributed by atoms with E-state index in [9.17, 15) is 5.11 Å². The van der Waals surface area contributed by atoms with Crippen LogP contribution in [0.4, 0.5) is 5.69 Å². The quantitative estimate of drug-likeness (QED) is 0.810. The zero-order chi connectivity index (χ0) is 14.3. The number of aromatic hydroxyl groups is 1. The molecule has 0 unspecified atom stereocenters. The van der Waals surface area contributed by atoms with Gasteiger partial charge in [-0.15, -0.1) is 0 Å². The third-order valence-corrected chi connectivity index (χ3v) is 4.91. The van der Waals surface area contributed by atoms with E-state index in [1.54, 1.807) is 0 Å². The maximum Gasteiger partial charge on any atom is 0.116 e. The molecule has 2 N–H and O–H groups in total. The highest BCUT2D eigenvalue weighted by Gasteiger charge is 2.26. The highest BCUT2D eigenvalue weighted by atomic mass is 32.2. The minimum atomic E-state index is 0.227. The maximum atomic E-state index is 9.86. The Morgan fingerprint density at radius 2 is 1.95 bits per heavy atom. The number of phenolic OH excluding ortho intramolecular Hbond substituents is 1. The van der Waals surface area contributed by atoms with Crippen LogP contribution in [-0.2, 0) is 0 Å². The number of hydrogen-bond acceptors (Lipinski definition) is 3. The van der Waals surface area contributed by atoms with E-state index in [4.69, 9.17) is 0 Å². The lowest BCUT2D eigenvalue weighted by Crippen LogP contribution is -2.08. The van der Waals surface area contributed by atoms with Crippen molar-refractivity contribution in [2.24, 2.45) is 0 Å². The van der Waals surface area contributed by atoms with Crippen LogP contribution in [0, 0.1) is 6.92 Å². The van der Waals surface area contributed by atoms with Gasteiger partial charge in [-0.25, -0.2) is 0 Å². The molecule has 0 saturated carbocycles. The normalized spacial score (nSPS) is 17.1. The molecule has 2 aromatic rings. The molecule has 0 fully saturated rings. The molecule has 1 atom stereocenters. The molecule has 1 heterocycles. The Bertz CT molecular complexity index is 626. The molecule has 0 aliphatic carbocycles. The molecule has 0 spiro atoms. The second-order valence-electron chi connectivity index (χ2n) is 5.56. The highest BCUT2D eigenvalue weighted by molar-refractivity contribution is 8.00. The van der Waals surface area contributed by atoms with Gasteiger partial charge in [-0.05, 0) is 53.8 Å². The van der Waals surface area contributed by atoms with E-state index >= 15 is 0 Å². The Balaban J connectivity index is 2.04. The predicted octanol–water partition coefficient (Wildman–Crippen LogP) is 5.04. The summed E-state index contributed by atoms with van der Waals surface area (Å²) in [6.45, 7) is 6.42. The third kappa shape index (κ3) is 2.27. The lowest BCUT2D eigenvalue weighted by atomic mass is 9.93. The number of fused-ring (bicyclic) bond motifs is 1. The average molecular weight is 285 g/mol. The molecule has 3 rings (SSSR count). The lowest BCUT2D eigenvalue weighted by molar-refractivity contribution is 0.473. The van der Waals surface area contributed by atoms with E-state index in [1.165, 1.54) is 21.7 Å². The van der Waals surface area contributed by atoms with Crippen molar-refractivity contribution in [3.63, 3.8) is 0 Å². The zero-order valence-corrected chi connectivity index (χ0v) is 12.8. The summed E-state index contributed by atoms with van der Waals surface area (Å²) in [7, 11) is 0. The van der Waals surface area contributed by atoms with Gasteiger partial charge in [-0.3, -0.25) is 0 Å². The van der Waals surface area contributed by atoms with Gasteiger partial charge in [0, 0.05) is 10.6 Å². The van der Waals surface area contributed by atoms with Crippen molar-refractivity contribution >= 4 is 17.4 Å². The number of rotatable bonds is 2. The standard InChI is InChI=1S/C17H19NOS/c1-10(2)13-9-12(19)8-11(3)16(13)17-18-14-6-4-5-7-15(14)20-17/h4-10,17-19H,1-3H3/t17-/m0/s1. The van der Waals surface area contributed by atoms with E-state index < -0.39 is 0 Å². The number of anilines is 1. The van der Waals surface area contributed by atoms with Gasteiger partial charge in [0.15, 0.2) is 0 Å². The second kappa shape index (κ2) is 5.06. The van der Waals surface area contributed by atoms with Crippen LogP contribution in [0.2, 0.25) is 0 Å². The summed E-state index contributed by atoms with van der Waals surface area (Å²) in [6.07, 6.45) is 0. The molecule has 104 valence electrons. The first-order chi connectivity index (χ1) is 9.56. The number of benzene rings is 2. The first kappa shape index (κ1) is 13.4. The third-order valence-electron chi connectivity index (χ3n) is 3.71. The molecule has 0 aromatic heterocycles. The minimum absolute atomic E-state index is 0.227. The molecule has 0 bridgehead atoms. The largest absolute Gasteiger partial charge is 0.508 e. The first-order valence-corrected chi connectivity index (χ1v) is 7.80. The number of aryl methyl sites for hydroxylation is 1. The van der Waals surface area contributed by atoms with Gasteiger partial charge in [0.2, 0.25) is 0 Å². The Labute approximate surface area is 124 Å². The van der Waals surface area contributed by atoms with Crippen molar-refractivity contribution in [3.05, 3.63) is 53.1 Å². The molecular weight excluding hydrogens is 266 g/mol. The van der Waals surface area contributed by atoms with Gasteiger partial charge in [0.25, 0.3) is 0 Å². The van der Waals surface area contributed by atoms with Crippen LogP contribution in [-0.4, -0.2) is 5.11 Å². The fraction of sp³-hybridized carbons (Fsp3) is 0.294. The molecule has 0 amide bonds. The average Bonchev–Trinajstić information content (AvgIpc) is 2.80. The fourth-order valence-electron chi connectivity index (χ4n) is 2.76. The number of hydrogen-bond donors (Lipinski definition) is 2. The van der Waals surface area contributed by atoms with Crippen molar-refractivity contribution in [3.8, 4) is 5.75 Å². The number of thioether (sulfide) groups is 1. The molecule has 20 heavy (non-hydrogen) atoms. The molecular formula is C17H19NOS. The molecule has 2 nitrogen and oxygen atoms in total. The van der Waals surface area contributed by atoms with Gasteiger partial charge in [-0.1, -0.05) is 37.7 Å². The molecule has 0 saturated heterocycles. The van der Waals surface area contributed by atoms with E-state index in [2.05, 4.69) is 50.4 Å². The van der Waals surface area contributed by atoms with Gasteiger partial charge >= 0.3 is 0 Å². The summed E-state index contributed by atoms with van der Waals surface area (Å²) in [5.41, 5.74) is 4.87. The molecule has 1 aliphatic heterocycles. The van der Waals surface area contributed by atoms with E-state index in [0.717, 1.165) is 5.56 Å². The summed E-state index contributed by atoms with van der Waals surface area (Å²) in [6, 6.07) is 12.2. The molecule has 1 aliphatic rings. The summed E-state index contributed by atoms with van der Waals surface area (Å²) in [4.78, 5) is 1.29. The SMILES string of the molecule is Cc1cc(O)cc(C(C)C)c1[C@H]1Nc2ccccc2S1. The van der Waals surface area contributed by atoms with Crippen molar-refractivity contribution in [2.75, 3.05) is 5.32 Å². The fourth-order valence-corrected chi connectivity index (χ4v) is 4.05. The van der Waals surface area contributed by atoms with Crippen molar-refractivity contribution < 1.29 is 5.11 Å². The van der Waals surface area contributed by atoms with Crippen LogP contribution in [0.3, 0.4) is 0 Å². The first-order valence-electron chi connectivity index (χ1n) is 6.92. The minimum Gasteiger partial charge on any atom is -0.508 e. The van der Waals surface area contributed by atoms with Crippen LogP contribution in [0.15, 0.2) is 41.3 Å². The smallest absolute Gasteiger partial charge is 0.116 e. The van der Waals surface area contributed by atoms with Crippen molar-refractivity contribution in [2.45, 2.75) is 37.0 Å². The van der Waals surface area contributed by atoms with Crippen LogP contribution >= 0.6 is 11.8 Å². The predicted molar refractivity (Wildman–Crippen MR) is 85.6 cm³/mol. The molecule has 2 aromatic carbocycles. The number of nitrogens with one attached hydrogen (secondary N) is 1. The second-order valence-corrected chi connectivity index (χ2v) is 6.71. The summed E-state index contributed by atoms with van der Waals surface area (Å²) < 4.78 is 0. The number of para-hydroxylation sites is 1. The number of phenols is 1. The van der Waals surface area contributed by atoms with E-state index in [-0.39, 0.29) is 5.37 Å². The van der Waals surface area contributed by atoms with E-state index in [0.29, 0.717) is 11.7 Å². The van der Waals surface area contributed by atoms with Gasteiger partial charge < -0.3 is 10.4 Å². The Hall–Kier alpha value is -1.61. The van der Waals surface area contributed by atoms with Gasteiger partial charge in [0.1, 0.15) is 11.1 Å². The summed E-state index contributed by atoms with van der Waals surface area (Å²) >= 11 is 1.85. The zero-order valence-electron chi connectivity index (χ0n) is 12.0. The van der Waals surface area contributed by atoms with Crippen LogP contribution in [0.1, 0.15) is 41.8 Å². The molecule has 0 radical (unpaired) electrons. The monoisotopic (exact) mass is 285 g/mol.